The number of hydrogen-bond donors (Lipinski definition) is 2. The van der Waals surface area contributed by atoms with Gasteiger partial charge in [0.1, 0.15) is 5.82 Å². The lowest BCUT2D eigenvalue weighted by Gasteiger charge is -2.26. The first-order valence-electron chi connectivity index (χ1n) is 8.85. The summed E-state index contributed by atoms with van der Waals surface area (Å²) in [5.74, 6) is -0.826. The van der Waals surface area contributed by atoms with Gasteiger partial charge in [0, 0.05) is 23.2 Å². The van der Waals surface area contributed by atoms with Crippen molar-refractivity contribution in [2.75, 3.05) is 11.9 Å². The summed E-state index contributed by atoms with van der Waals surface area (Å²) in [6.07, 6.45) is 1.41. The highest BCUT2D eigenvalue weighted by Crippen LogP contribution is 2.25. The minimum atomic E-state index is -0.577. The predicted octanol–water partition coefficient (Wildman–Crippen LogP) is 4.38. The van der Waals surface area contributed by atoms with Crippen LogP contribution in [0.3, 0.4) is 0 Å². The average Bonchev–Trinajstić information content (AvgIpc) is 3.21. The molecule has 3 aromatic rings. The molecular weight excluding hydrogens is 359 g/mol. The van der Waals surface area contributed by atoms with Crippen molar-refractivity contribution in [3.8, 4) is 0 Å². The first-order valence-corrected chi connectivity index (χ1v) is 8.85. The molecule has 2 N–H and O–H groups in total. The van der Waals surface area contributed by atoms with Crippen LogP contribution in [0.2, 0.25) is 0 Å². The first kappa shape index (κ1) is 19.4. The lowest BCUT2D eigenvalue weighted by molar-refractivity contribution is 0.0943. The first-order chi connectivity index (χ1) is 13.4. The van der Waals surface area contributed by atoms with Gasteiger partial charge >= 0.3 is 0 Å². The Kier molecular flexibility index (Phi) is 5.59. The van der Waals surface area contributed by atoms with Crippen LogP contribution in [0.1, 0.15) is 40.3 Å². The summed E-state index contributed by atoms with van der Waals surface area (Å²) < 4.78 is 19.1. The van der Waals surface area contributed by atoms with Crippen molar-refractivity contribution < 1.29 is 18.4 Å². The molecule has 1 aromatic heterocycles. The molecular formula is C22H21FN2O3. The number of benzene rings is 2. The molecule has 2 aromatic carbocycles. The van der Waals surface area contributed by atoms with Crippen molar-refractivity contribution in [3.05, 3.63) is 89.6 Å². The van der Waals surface area contributed by atoms with Gasteiger partial charge in [-0.25, -0.2) is 4.39 Å². The zero-order valence-electron chi connectivity index (χ0n) is 15.7. The van der Waals surface area contributed by atoms with Crippen LogP contribution in [0.25, 0.3) is 0 Å². The number of amides is 2. The van der Waals surface area contributed by atoms with Crippen molar-refractivity contribution in [1.82, 2.24) is 5.32 Å². The molecule has 0 saturated heterocycles. The Hall–Kier alpha value is -3.41. The maximum atomic E-state index is 14.1. The fraction of sp³-hybridized carbons (Fsp3) is 0.182. The van der Waals surface area contributed by atoms with E-state index >= 15 is 0 Å². The highest BCUT2D eigenvalue weighted by molar-refractivity contribution is 6.03. The van der Waals surface area contributed by atoms with Crippen molar-refractivity contribution in [1.29, 1.82) is 0 Å². The molecule has 0 saturated carbocycles. The quantitative estimate of drug-likeness (QED) is 0.667. The van der Waals surface area contributed by atoms with E-state index in [9.17, 15) is 14.0 Å². The van der Waals surface area contributed by atoms with E-state index in [4.69, 9.17) is 4.42 Å². The molecule has 5 nitrogen and oxygen atoms in total. The van der Waals surface area contributed by atoms with Gasteiger partial charge in [0.15, 0.2) is 5.76 Å². The average molecular weight is 380 g/mol. The summed E-state index contributed by atoms with van der Waals surface area (Å²) in [4.78, 5) is 24.6. The molecule has 0 aliphatic carbocycles. The Morgan fingerprint density at radius 1 is 1.00 bits per heavy atom. The van der Waals surface area contributed by atoms with Gasteiger partial charge in [-0.05, 0) is 42.0 Å². The third-order valence-corrected chi connectivity index (χ3v) is 4.42. The molecule has 0 spiro atoms. The molecule has 0 atom stereocenters. The van der Waals surface area contributed by atoms with Gasteiger partial charge in [-0.2, -0.15) is 0 Å². The van der Waals surface area contributed by atoms with E-state index in [-0.39, 0.29) is 24.0 Å². The van der Waals surface area contributed by atoms with Gasteiger partial charge in [-0.15, -0.1) is 0 Å². The second kappa shape index (κ2) is 8.08. The zero-order chi connectivity index (χ0) is 20.1. The van der Waals surface area contributed by atoms with Crippen LogP contribution in [0.15, 0.2) is 71.3 Å². The number of carbonyl (C=O) groups is 2. The molecule has 1 heterocycles. The lowest BCUT2D eigenvalue weighted by atomic mass is 9.84. The normalized spacial score (nSPS) is 11.1. The van der Waals surface area contributed by atoms with E-state index in [1.54, 1.807) is 54.6 Å². The van der Waals surface area contributed by atoms with Crippen molar-refractivity contribution >= 4 is 17.5 Å². The van der Waals surface area contributed by atoms with E-state index in [1.165, 1.54) is 12.3 Å². The fourth-order valence-corrected chi connectivity index (χ4v) is 2.85. The minimum Gasteiger partial charge on any atom is -0.459 e. The van der Waals surface area contributed by atoms with Crippen molar-refractivity contribution in [3.63, 3.8) is 0 Å². The fourth-order valence-electron chi connectivity index (χ4n) is 2.85. The van der Waals surface area contributed by atoms with Gasteiger partial charge in [-0.3, -0.25) is 9.59 Å². The molecule has 28 heavy (non-hydrogen) atoms. The summed E-state index contributed by atoms with van der Waals surface area (Å²) in [7, 11) is 0. The van der Waals surface area contributed by atoms with Crippen LogP contribution < -0.4 is 10.6 Å². The van der Waals surface area contributed by atoms with Crippen LogP contribution in [0, 0.1) is 5.82 Å². The Morgan fingerprint density at radius 3 is 2.50 bits per heavy atom. The third kappa shape index (κ3) is 4.46. The minimum absolute atomic E-state index is 0.182. The number of furan rings is 1. The molecule has 0 aliphatic heterocycles. The maximum Gasteiger partial charge on any atom is 0.291 e. The Labute approximate surface area is 162 Å². The second-order valence-corrected chi connectivity index (χ2v) is 7.06. The largest absolute Gasteiger partial charge is 0.459 e. The zero-order valence-corrected chi connectivity index (χ0v) is 15.7. The molecule has 144 valence electrons. The molecule has 2 amide bonds. The smallest absolute Gasteiger partial charge is 0.291 e. The SMILES string of the molecule is CC(C)(CNC(=O)c1cccc(NC(=O)c2ccco2)c1)c1ccccc1F. The molecule has 6 heteroatoms. The molecule has 3 rings (SSSR count). The van der Waals surface area contributed by atoms with Gasteiger partial charge in [0.05, 0.1) is 6.26 Å². The number of halogens is 1. The van der Waals surface area contributed by atoms with E-state index < -0.39 is 11.3 Å². The van der Waals surface area contributed by atoms with E-state index in [0.717, 1.165) is 0 Å². The van der Waals surface area contributed by atoms with Crippen LogP contribution in [-0.2, 0) is 5.41 Å². The molecule has 0 unspecified atom stereocenters. The lowest BCUT2D eigenvalue weighted by Crippen LogP contribution is -2.37. The Morgan fingerprint density at radius 2 is 1.79 bits per heavy atom. The van der Waals surface area contributed by atoms with E-state index in [1.807, 2.05) is 13.8 Å². The summed E-state index contributed by atoms with van der Waals surface area (Å²) in [6, 6.07) is 16.3. The third-order valence-electron chi connectivity index (χ3n) is 4.42. The number of anilines is 1. The number of carbonyl (C=O) groups excluding carboxylic acids is 2. The number of rotatable bonds is 6. The highest BCUT2D eigenvalue weighted by Gasteiger charge is 2.24. The topological polar surface area (TPSA) is 71.3 Å². The van der Waals surface area contributed by atoms with Crippen molar-refractivity contribution in [2.24, 2.45) is 0 Å². The Bertz CT molecular complexity index is 981. The monoisotopic (exact) mass is 380 g/mol. The van der Waals surface area contributed by atoms with Crippen molar-refractivity contribution in [2.45, 2.75) is 19.3 Å². The standard InChI is InChI=1S/C22H21FN2O3/c1-22(2,17-9-3-4-10-18(17)23)14-24-20(26)15-7-5-8-16(13-15)25-21(27)19-11-6-12-28-19/h3-13H,14H2,1-2H3,(H,24,26)(H,25,27). The van der Waals surface area contributed by atoms with Crippen LogP contribution in [-0.4, -0.2) is 18.4 Å². The molecule has 0 aliphatic rings. The van der Waals surface area contributed by atoms with Gasteiger partial charge in [-0.1, -0.05) is 38.1 Å². The molecule has 0 radical (unpaired) electrons. The maximum absolute atomic E-state index is 14.1. The number of hydrogen-bond acceptors (Lipinski definition) is 3. The van der Waals surface area contributed by atoms with Crippen LogP contribution >= 0.6 is 0 Å². The van der Waals surface area contributed by atoms with E-state index in [2.05, 4.69) is 10.6 Å². The number of nitrogens with one attached hydrogen (secondary N) is 2. The summed E-state index contributed by atoms with van der Waals surface area (Å²) in [5.41, 5.74) is 0.824. The van der Waals surface area contributed by atoms with Crippen LogP contribution in [0.5, 0.6) is 0 Å². The summed E-state index contributed by atoms with van der Waals surface area (Å²) in [6.45, 7) is 3.99. The predicted molar refractivity (Wildman–Crippen MR) is 105 cm³/mol. The van der Waals surface area contributed by atoms with Gasteiger partial charge in [0.2, 0.25) is 0 Å². The van der Waals surface area contributed by atoms with Gasteiger partial charge in [0.25, 0.3) is 11.8 Å². The highest BCUT2D eigenvalue weighted by atomic mass is 19.1. The second-order valence-electron chi connectivity index (χ2n) is 7.06. The molecule has 0 fully saturated rings. The summed E-state index contributed by atoms with van der Waals surface area (Å²) in [5, 5.41) is 5.52. The molecule has 0 bridgehead atoms. The van der Waals surface area contributed by atoms with Crippen LogP contribution in [0.4, 0.5) is 10.1 Å². The van der Waals surface area contributed by atoms with E-state index in [0.29, 0.717) is 16.8 Å². The Balaban J connectivity index is 1.66. The summed E-state index contributed by atoms with van der Waals surface area (Å²) >= 11 is 0. The van der Waals surface area contributed by atoms with Gasteiger partial charge < -0.3 is 15.1 Å².